The normalized spacial score (nSPS) is 17.3. The molecule has 23 heavy (non-hydrogen) atoms. The van der Waals surface area contributed by atoms with E-state index in [0.29, 0.717) is 5.89 Å². The van der Waals surface area contributed by atoms with Gasteiger partial charge in [0.05, 0.1) is 5.54 Å². The first-order valence-corrected chi connectivity index (χ1v) is 9.61. The molecule has 0 atom stereocenters. The number of rotatable bonds is 7. The van der Waals surface area contributed by atoms with Gasteiger partial charge in [-0.3, -0.25) is 0 Å². The molecule has 1 N–H and O–H groups in total. The average molecular weight is 331 g/mol. The van der Waals surface area contributed by atoms with E-state index in [2.05, 4.69) is 45.8 Å². The summed E-state index contributed by atoms with van der Waals surface area (Å²) in [6.07, 6.45) is 5.99. The summed E-state index contributed by atoms with van der Waals surface area (Å²) in [5.41, 5.74) is 1.31. The van der Waals surface area contributed by atoms with Gasteiger partial charge in [0, 0.05) is 25.0 Å². The second-order valence-electron chi connectivity index (χ2n) is 6.24. The van der Waals surface area contributed by atoms with E-state index in [9.17, 15) is 0 Å². The number of benzene rings is 1. The Morgan fingerprint density at radius 1 is 1.17 bits per heavy atom. The number of nitrogens with zero attached hydrogens (tertiary/aromatic N) is 2. The molecule has 124 valence electrons. The van der Waals surface area contributed by atoms with E-state index in [4.69, 9.17) is 4.52 Å². The molecule has 0 radical (unpaired) electrons. The minimum atomic E-state index is -0.0800. The molecule has 0 spiro atoms. The van der Waals surface area contributed by atoms with Crippen LogP contribution in [0.4, 0.5) is 0 Å². The Balaban J connectivity index is 1.51. The van der Waals surface area contributed by atoms with Gasteiger partial charge in [0.25, 0.3) is 0 Å². The first-order valence-electron chi connectivity index (χ1n) is 8.46. The summed E-state index contributed by atoms with van der Waals surface area (Å²) < 4.78 is 5.22. The van der Waals surface area contributed by atoms with Gasteiger partial charge >= 0.3 is 0 Å². The Bertz CT molecular complexity index is 593. The molecule has 4 nitrogen and oxygen atoms in total. The van der Waals surface area contributed by atoms with Crippen LogP contribution in [-0.2, 0) is 11.3 Å². The molecular formula is C18H25N3OS. The Morgan fingerprint density at radius 2 is 1.96 bits per heavy atom. The lowest BCUT2D eigenvalue weighted by Gasteiger charge is -2.35. The minimum absolute atomic E-state index is 0.0800. The van der Waals surface area contributed by atoms with Crippen LogP contribution >= 0.6 is 11.8 Å². The van der Waals surface area contributed by atoms with E-state index >= 15 is 0 Å². The summed E-state index contributed by atoms with van der Waals surface area (Å²) in [5, 5.41) is 7.95. The smallest absolute Gasteiger partial charge is 0.223 e. The zero-order valence-electron chi connectivity index (χ0n) is 13.8. The molecule has 1 aromatic heterocycles. The van der Waals surface area contributed by atoms with Crippen LogP contribution in [0.15, 0.2) is 34.9 Å². The van der Waals surface area contributed by atoms with Crippen LogP contribution < -0.4 is 5.32 Å². The first kappa shape index (κ1) is 16.5. The lowest BCUT2D eigenvalue weighted by molar-refractivity contribution is 0.217. The number of hydrogen-bond donors (Lipinski definition) is 1. The Morgan fingerprint density at radius 3 is 2.65 bits per heavy atom. The quantitative estimate of drug-likeness (QED) is 0.775. The molecule has 1 saturated carbocycles. The maximum absolute atomic E-state index is 5.22. The van der Waals surface area contributed by atoms with Crippen molar-refractivity contribution in [3.8, 4) is 0 Å². The van der Waals surface area contributed by atoms with E-state index in [0.717, 1.165) is 36.7 Å². The number of nitrogens with one attached hydrogen (secondary N) is 1. The second kappa shape index (κ2) is 7.97. The molecule has 1 heterocycles. The van der Waals surface area contributed by atoms with Gasteiger partial charge in [-0.15, -0.1) is 0 Å². The highest BCUT2D eigenvalue weighted by Gasteiger charge is 2.37. The predicted octanol–water partition coefficient (Wildman–Crippen LogP) is 4.06. The molecule has 0 unspecified atom stereocenters. The molecule has 1 aliphatic rings. The highest BCUT2D eigenvalue weighted by molar-refractivity contribution is 7.98. The van der Waals surface area contributed by atoms with E-state index in [1.807, 2.05) is 18.7 Å². The van der Waals surface area contributed by atoms with Crippen molar-refractivity contribution in [2.24, 2.45) is 0 Å². The summed E-state index contributed by atoms with van der Waals surface area (Å²) in [5.74, 6) is 3.66. The Hall–Kier alpha value is -1.33. The fourth-order valence-corrected chi connectivity index (χ4v) is 4.07. The van der Waals surface area contributed by atoms with Crippen molar-refractivity contribution in [1.29, 1.82) is 0 Å². The molecule has 3 rings (SSSR count). The maximum Gasteiger partial charge on any atom is 0.223 e. The molecule has 2 aromatic rings. The van der Waals surface area contributed by atoms with Gasteiger partial charge in [-0.25, -0.2) is 0 Å². The third-order valence-corrected chi connectivity index (χ3v) is 5.51. The van der Waals surface area contributed by atoms with Crippen LogP contribution in [0.1, 0.15) is 49.4 Å². The fraction of sp³-hybridized carbons (Fsp3) is 0.556. The maximum atomic E-state index is 5.22. The number of thioether (sulfide) groups is 1. The van der Waals surface area contributed by atoms with Gasteiger partial charge in [-0.05, 0) is 18.4 Å². The molecule has 0 amide bonds. The molecule has 0 bridgehead atoms. The summed E-state index contributed by atoms with van der Waals surface area (Å²) in [4.78, 5) is 4.51. The Labute approximate surface area is 142 Å². The fourth-order valence-electron chi connectivity index (χ4n) is 3.26. The lowest BCUT2D eigenvalue weighted by Crippen LogP contribution is -2.45. The van der Waals surface area contributed by atoms with Gasteiger partial charge in [0.1, 0.15) is 0 Å². The molecule has 0 aliphatic heterocycles. The van der Waals surface area contributed by atoms with Crippen molar-refractivity contribution in [3.05, 3.63) is 47.6 Å². The van der Waals surface area contributed by atoms with Crippen LogP contribution in [0.3, 0.4) is 0 Å². The third-order valence-electron chi connectivity index (χ3n) is 4.48. The third kappa shape index (κ3) is 4.36. The summed E-state index contributed by atoms with van der Waals surface area (Å²) >= 11 is 1.97. The molecule has 5 heteroatoms. The van der Waals surface area contributed by atoms with Crippen LogP contribution in [0.2, 0.25) is 0 Å². The predicted molar refractivity (Wildman–Crippen MR) is 94.4 cm³/mol. The standard InChI is InChI=1S/C18H25N3OS/c1-15-20-17(21-22-15)18(10-6-3-7-11-18)19-12-13-23-14-16-8-4-2-5-9-16/h2,4-5,8-9,19H,3,6-7,10-14H2,1H3. The zero-order valence-corrected chi connectivity index (χ0v) is 14.6. The first-order chi connectivity index (χ1) is 11.3. The second-order valence-corrected chi connectivity index (χ2v) is 7.35. The van der Waals surface area contributed by atoms with E-state index < -0.39 is 0 Å². The van der Waals surface area contributed by atoms with Crippen molar-refractivity contribution in [1.82, 2.24) is 15.5 Å². The van der Waals surface area contributed by atoms with Crippen molar-refractivity contribution in [3.63, 3.8) is 0 Å². The molecular weight excluding hydrogens is 306 g/mol. The van der Waals surface area contributed by atoms with Gasteiger partial charge < -0.3 is 9.84 Å². The SMILES string of the molecule is Cc1nc(C2(NCCSCc3ccccc3)CCCCC2)no1. The molecule has 1 aliphatic carbocycles. The van der Waals surface area contributed by atoms with Crippen LogP contribution in [0, 0.1) is 6.92 Å². The van der Waals surface area contributed by atoms with Gasteiger partial charge in [-0.2, -0.15) is 16.7 Å². The number of aromatic nitrogens is 2. The molecule has 1 aromatic carbocycles. The van der Waals surface area contributed by atoms with Crippen molar-refractivity contribution < 1.29 is 4.52 Å². The average Bonchev–Trinajstić information content (AvgIpc) is 3.04. The zero-order chi connectivity index (χ0) is 16.0. The van der Waals surface area contributed by atoms with Crippen molar-refractivity contribution in [2.45, 2.75) is 50.3 Å². The monoisotopic (exact) mass is 331 g/mol. The highest BCUT2D eigenvalue weighted by atomic mass is 32.2. The highest BCUT2D eigenvalue weighted by Crippen LogP contribution is 2.35. The van der Waals surface area contributed by atoms with Gasteiger partial charge in [0.15, 0.2) is 5.82 Å². The van der Waals surface area contributed by atoms with Crippen LogP contribution in [-0.4, -0.2) is 22.4 Å². The largest absolute Gasteiger partial charge is 0.340 e. The van der Waals surface area contributed by atoms with E-state index in [1.54, 1.807) is 0 Å². The number of hydrogen-bond acceptors (Lipinski definition) is 5. The van der Waals surface area contributed by atoms with Crippen LogP contribution in [0.5, 0.6) is 0 Å². The summed E-state index contributed by atoms with van der Waals surface area (Å²) in [6, 6.07) is 10.6. The molecule has 0 saturated heterocycles. The van der Waals surface area contributed by atoms with Crippen molar-refractivity contribution >= 4 is 11.8 Å². The van der Waals surface area contributed by atoms with Gasteiger partial charge in [0.2, 0.25) is 5.89 Å². The van der Waals surface area contributed by atoms with Gasteiger partial charge in [-0.1, -0.05) is 54.8 Å². The lowest BCUT2D eigenvalue weighted by atomic mass is 9.81. The number of aryl methyl sites for hydroxylation is 1. The molecule has 1 fully saturated rings. The summed E-state index contributed by atoms with van der Waals surface area (Å²) in [7, 11) is 0. The topological polar surface area (TPSA) is 51.0 Å². The van der Waals surface area contributed by atoms with Crippen molar-refractivity contribution in [2.75, 3.05) is 12.3 Å². The van der Waals surface area contributed by atoms with Crippen LogP contribution in [0.25, 0.3) is 0 Å². The summed E-state index contributed by atoms with van der Waals surface area (Å²) in [6.45, 7) is 2.84. The Kier molecular flexibility index (Phi) is 5.73. The van der Waals surface area contributed by atoms with E-state index in [1.165, 1.54) is 24.8 Å². The van der Waals surface area contributed by atoms with E-state index in [-0.39, 0.29) is 5.54 Å². The minimum Gasteiger partial charge on any atom is -0.340 e.